The Balaban J connectivity index is 1.80. The van der Waals surface area contributed by atoms with Gasteiger partial charge >= 0.3 is 0 Å². The Morgan fingerprint density at radius 3 is 2.35 bits per heavy atom. The molecule has 2 aromatic heterocycles. The van der Waals surface area contributed by atoms with Gasteiger partial charge in [0.1, 0.15) is 5.75 Å². The number of rotatable bonds is 8. The second kappa shape index (κ2) is 10.5. The number of benzene rings is 2. The van der Waals surface area contributed by atoms with Gasteiger partial charge in [0.25, 0.3) is 5.56 Å². The van der Waals surface area contributed by atoms with Crippen LogP contribution in [0.3, 0.4) is 0 Å². The molecule has 192 valence electrons. The summed E-state index contributed by atoms with van der Waals surface area (Å²) in [4.78, 5) is 31.3. The fourth-order valence-electron chi connectivity index (χ4n) is 4.39. The molecule has 1 unspecified atom stereocenters. The summed E-state index contributed by atoms with van der Waals surface area (Å²) >= 11 is 0. The molecular weight excluding hydrogens is 483 g/mol. The summed E-state index contributed by atoms with van der Waals surface area (Å²) in [6.45, 7) is 5.42. The first kappa shape index (κ1) is 25.9. The van der Waals surface area contributed by atoms with Gasteiger partial charge in [-0.15, -0.1) is 0 Å². The molecule has 2 heterocycles. The number of methoxy groups -OCH3 is 1. The zero-order chi connectivity index (χ0) is 26.9. The van der Waals surface area contributed by atoms with Gasteiger partial charge in [0.05, 0.1) is 36.4 Å². The van der Waals surface area contributed by atoms with Gasteiger partial charge in [-0.25, -0.2) is 18.2 Å². The van der Waals surface area contributed by atoms with E-state index in [0.29, 0.717) is 29.8 Å². The molecule has 9 heteroatoms. The van der Waals surface area contributed by atoms with E-state index in [1.165, 1.54) is 23.9 Å². The summed E-state index contributed by atoms with van der Waals surface area (Å²) < 4.78 is 50.2. The molecule has 0 aliphatic heterocycles. The zero-order valence-corrected chi connectivity index (χ0v) is 20.9. The van der Waals surface area contributed by atoms with E-state index in [2.05, 4.69) is 4.98 Å². The van der Waals surface area contributed by atoms with Crippen LogP contribution in [-0.2, 0) is 0 Å². The first-order valence-electron chi connectivity index (χ1n) is 11.8. The molecule has 0 radical (unpaired) electrons. The molecule has 2 aromatic carbocycles. The van der Waals surface area contributed by atoms with Crippen LogP contribution in [0.15, 0.2) is 59.9 Å². The smallest absolute Gasteiger partial charge is 0.262 e. The predicted molar refractivity (Wildman–Crippen MR) is 133 cm³/mol. The Morgan fingerprint density at radius 2 is 1.76 bits per heavy atom. The van der Waals surface area contributed by atoms with Crippen LogP contribution in [0.25, 0.3) is 5.69 Å². The highest BCUT2D eigenvalue weighted by Crippen LogP contribution is 2.28. The van der Waals surface area contributed by atoms with Crippen molar-refractivity contribution >= 4 is 5.78 Å². The third-order valence-corrected chi connectivity index (χ3v) is 6.14. The van der Waals surface area contributed by atoms with Gasteiger partial charge in [-0.05, 0) is 67.8 Å². The normalized spacial score (nSPS) is 12.0. The molecule has 4 rings (SSSR count). The number of hydrogen-bond acceptors (Lipinski definition) is 4. The number of aromatic nitrogens is 3. The highest BCUT2D eigenvalue weighted by atomic mass is 19.2. The lowest BCUT2D eigenvalue weighted by molar-refractivity contribution is 0.103. The maximum absolute atomic E-state index is 14.0. The maximum atomic E-state index is 14.0. The molecule has 1 atom stereocenters. The van der Waals surface area contributed by atoms with E-state index in [4.69, 9.17) is 4.74 Å². The fraction of sp³-hybridized carbons (Fsp3) is 0.250. The molecule has 0 bridgehead atoms. The molecule has 0 amide bonds. The maximum Gasteiger partial charge on any atom is 0.262 e. The minimum absolute atomic E-state index is 0.0996. The number of ketones is 1. The number of aryl methyl sites for hydroxylation is 2. The second-order valence-corrected chi connectivity index (χ2v) is 8.88. The second-order valence-electron chi connectivity index (χ2n) is 8.88. The first-order valence-corrected chi connectivity index (χ1v) is 11.8. The van der Waals surface area contributed by atoms with Gasteiger partial charge in [-0.3, -0.25) is 9.59 Å². The number of nitrogens with zero attached hydrogens (tertiary/aromatic N) is 3. The lowest BCUT2D eigenvalue weighted by Crippen LogP contribution is -2.30. The molecule has 0 N–H and O–H groups in total. The zero-order valence-electron chi connectivity index (χ0n) is 20.9. The van der Waals surface area contributed by atoms with E-state index in [1.807, 2.05) is 20.0 Å². The van der Waals surface area contributed by atoms with Gasteiger partial charge in [-0.1, -0.05) is 13.3 Å². The Hall–Kier alpha value is -4.14. The van der Waals surface area contributed by atoms with Crippen molar-refractivity contribution in [3.63, 3.8) is 0 Å². The monoisotopic (exact) mass is 509 g/mol. The predicted octanol–water partition coefficient (Wildman–Crippen LogP) is 5.70. The van der Waals surface area contributed by atoms with Gasteiger partial charge in [0.2, 0.25) is 0 Å². The Bertz CT molecular complexity index is 1520. The molecule has 0 spiro atoms. The Morgan fingerprint density at radius 1 is 1.05 bits per heavy atom. The summed E-state index contributed by atoms with van der Waals surface area (Å²) in [5.41, 5.74) is 1.70. The molecular formula is C28H26F3N3O3. The van der Waals surface area contributed by atoms with E-state index in [1.54, 1.807) is 36.0 Å². The van der Waals surface area contributed by atoms with Gasteiger partial charge in [-0.2, -0.15) is 0 Å². The van der Waals surface area contributed by atoms with Crippen molar-refractivity contribution in [2.75, 3.05) is 7.11 Å². The molecule has 0 saturated heterocycles. The molecule has 0 fully saturated rings. The van der Waals surface area contributed by atoms with E-state index < -0.39 is 34.8 Å². The Kier molecular flexibility index (Phi) is 7.33. The lowest BCUT2D eigenvalue weighted by atomic mass is 9.99. The van der Waals surface area contributed by atoms with Crippen LogP contribution >= 0.6 is 0 Å². The number of carbonyl (C=O) groups is 1. The highest BCUT2D eigenvalue weighted by Gasteiger charge is 2.23. The average Bonchev–Trinajstić information content (AvgIpc) is 3.32. The van der Waals surface area contributed by atoms with E-state index in [-0.39, 0.29) is 16.7 Å². The SMILES string of the molecule is CCCC(c1cc(F)c(F)c(F)c1)n1cc(C)cc(C(=O)c2ccc(-n3cnc(C)c3)c(OC)c2)c1=O. The quantitative estimate of drug-likeness (QED) is 0.226. The summed E-state index contributed by atoms with van der Waals surface area (Å²) in [6.07, 6.45) is 5.88. The topological polar surface area (TPSA) is 66.1 Å². The van der Waals surface area contributed by atoms with Crippen molar-refractivity contribution in [3.8, 4) is 11.4 Å². The van der Waals surface area contributed by atoms with Crippen LogP contribution in [0, 0.1) is 31.3 Å². The molecule has 0 saturated carbocycles. The molecule has 6 nitrogen and oxygen atoms in total. The van der Waals surface area contributed by atoms with Crippen LogP contribution in [-0.4, -0.2) is 27.0 Å². The van der Waals surface area contributed by atoms with Gasteiger partial charge in [0.15, 0.2) is 23.2 Å². The minimum atomic E-state index is -1.57. The number of carbonyl (C=O) groups excluding carboxylic acids is 1. The number of pyridine rings is 1. The largest absolute Gasteiger partial charge is 0.495 e. The lowest BCUT2D eigenvalue weighted by Gasteiger charge is -2.22. The molecule has 0 aliphatic rings. The fourth-order valence-corrected chi connectivity index (χ4v) is 4.39. The van der Waals surface area contributed by atoms with Crippen molar-refractivity contribution in [2.24, 2.45) is 0 Å². The van der Waals surface area contributed by atoms with E-state index in [0.717, 1.165) is 17.8 Å². The third kappa shape index (κ3) is 5.07. The van der Waals surface area contributed by atoms with Crippen LogP contribution in [0.4, 0.5) is 13.2 Å². The highest BCUT2D eigenvalue weighted by molar-refractivity contribution is 6.09. The summed E-state index contributed by atoms with van der Waals surface area (Å²) in [5, 5.41) is 0. The standard InChI is InChI=1S/C28H26F3N3O3/c1-5-6-23(19-10-21(29)26(31)22(30)11-19)34-13-16(2)9-20(28(34)36)27(35)18-7-8-24(25(12-18)37-4)33-14-17(3)32-15-33/h7-15,23H,5-6H2,1-4H3. The van der Waals surface area contributed by atoms with Crippen molar-refractivity contribution in [1.29, 1.82) is 0 Å². The van der Waals surface area contributed by atoms with Gasteiger partial charge < -0.3 is 13.9 Å². The molecule has 4 aromatic rings. The summed E-state index contributed by atoms with van der Waals surface area (Å²) in [5.74, 6) is -4.37. The third-order valence-electron chi connectivity index (χ3n) is 6.14. The van der Waals surface area contributed by atoms with Crippen molar-refractivity contribution in [3.05, 3.63) is 111 Å². The number of hydrogen-bond donors (Lipinski definition) is 0. The average molecular weight is 510 g/mol. The van der Waals surface area contributed by atoms with Crippen LogP contribution in [0.2, 0.25) is 0 Å². The van der Waals surface area contributed by atoms with E-state index in [9.17, 15) is 22.8 Å². The van der Waals surface area contributed by atoms with Crippen molar-refractivity contribution < 1.29 is 22.7 Å². The number of halogens is 3. The van der Waals surface area contributed by atoms with Crippen molar-refractivity contribution in [1.82, 2.24) is 14.1 Å². The summed E-state index contributed by atoms with van der Waals surface area (Å²) in [6, 6.07) is 7.30. The van der Waals surface area contributed by atoms with Crippen LogP contribution in [0.1, 0.15) is 58.5 Å². The molecule has 37 heavy (non-hydrogen) atoms. The summed E-state index contributed by atoms with van der Waals surface area (Å²) in [7, 11) is 1.48. The number of imidazole rings is 1. The van der Waals surface area contributed by atoms with Crippen LogP contribution in [0.5, 0.6) is 5.75 Å². The Labute approximate surface area is 212 Å². The van der Waals surface area contributed by atoms with Gasteiger partial charge in [0, 0.05) is 18.0 Å². The molecule has 0 aliphatic carbocycles. The minimum Gasteiger partial charge on any atom is -0.495 e. The van der Waals surface area contributed by atoms with Crippen LogP contribution < -0.4 is 10.3 Å². The number of ether oxygens (including phenoxy) is 1. The van der Waals surface area contributed by atoms with E-state index >= 15 is 0 Å². The first-order chi connectivity index (χ1) is 17.6. The van der Waals surface area contributed by atoms with Crippen molar-refractivity contribution in [2.45, 2.75) is 39.7 Å².